The van der Waals surface area contributed by atoms with Crippen molar-refractivity contribution in [2.24, 2.45) is 11.3 Å². The van der Waals surface area contributed by atoms with Crippen molar-refractivity contribution in [2.75, 3.05) is 0 Å². The van der Waals surface area contributed by atoms with Crippen molar-refractivity contribution >= 4 is 5.97 Å². The van der Waals surface area contributed by atoms with E-state index in [4.69, 9.17) is 0 Å². The molecule has 0 aromatic rings. The molecule has 17 heavy (non-hydrogen) atoms. The third-order valence-electron chi connectivity index (χ3n) is 4.37. The maximum absolute atomic E-state index is 11.7. The third-order valence-corrected chi connectivity index (χ3v) is 4.37. The normalized spacial score (nSPS) is 37.5. The maximum atomic E-state index is 11.7. The van der Waals surface area contributed by atoms with Gasteiger partial charge in [-0.2, -0.15) is 0 Å². The van der Waals surface area contributed by atoms with E-state index in [1.165, 1.54) is 6.42 Å². The van der Waals surface area contributed by atoms with Gasteiger partial charge in [0, 0.05) is 6.04 Å². The molecule has 0 bridgehead atoms. The summed E-state index contributed by atoms with van der Waals surface area (Å²) < 4.78 is 0. The molecule has 0 heterocycles. The van der Waals surface area contributed by atoms with Gasteiger partial charge in [-0.05, 0) is 43.4 Å². The van der Waals surface area contributed by atoms with E-state index in [1.807, 2.05) is 0 Å². The Labute approximate surface area is 104 Å². The van der Waals surface area contributed by atoms with Crippen molar-refractivity contribution in [3.63, 3.8) is 0 Å². The number of hydrogen-bond acceptors (Lipinski definition) is 2. The molecule has 0 spiro atoms. The molecule has 98 valence electrons. The van der Waals surface area contributed by atoms with Gasteiger partial charge in [-0.1, -0.05) is 27.2 Å². The summed E-state index contributed by atoms with van der Waals surface area (Å²) in [6.45, 7) is 6.58. The van der Waals surface area contributed by atoms with E-state index in [0.717, 1.165) is 32.1 Å². The van der Waals surface area contributed by atoms with Crippen molar-refractivity contribution in [3.8, 4) is 0 Å². The van der Waals surface area contributed by atoms with Gasteiger partial charge in [0.25, 0.3) is 0 Å². The molecule has 2 N–H and O–H groups in total. The van der Waals surface area contributed by atoms with Gasteiger partial charge >= 0.3 is 5.97 Å². The van der Waals surface area contributed by atoms with Crippen LogP contribution >= 0.6 is 0 Å². The van der Waals surface area contributed by atoms with Gasteiger partial charge in [-0.3, -0.25) is 10.1 Å². The van der Waals surface area contributed by atoms with Crippen molar-refractivity contribution in [1.82, 2.24) is 5.32 Å². The standard InChI is InChI=1S/C14H25NO2/c1-10-7-13(2,3)9-14(8-10,12(16)17)15-11-5-4-6-11/h10-11,15H,4-9H2,1-3H3,(H,16,17). The second-order valence-electron chi connectivity index (χ2n) is 7.01. The first-order valence-electron chi connectivity index (χ1n) is 6.84. The quantitative estimate of drug-likeness (QED) is 0.796. The highest BCUT2D eigenvalue weighted by Gasteiger charge is 2.49. The molecule has 3 nitrogen and oxygen atoms in total. The van der Waals surface area contributed by atoms with Crippen LogP contribution in [0.4, 0.5) is 0 Å². The largest absolute Gasteiger partial charge is 0.480 e. The fourth-order valence-electron chi connectivity index (χ4n) is 3.85. The van der Waals surface area contributed by atoms with E-state index in [9.17, 15) is 9.90 Å². The molecule has 2 fully saturated rings. The van der Waals surface area contributed by atoms with Gasteiger partial charge < -0.3 is 5.11 Å². The van der Waals surface area contributed by atoms with E-state index in [2.05, 4.69) is 26.1 Å². The molecule has 2 unspecified atom stereocenters. The van der Waals surface area contributed by atoms with Crippen molar-refractivity contribution in [2.45, 2.75) is 70.9 Å². The summed E-state index contributed by atoms with van der Waals surface area (Å²) in [6.07, 6.45) is 6.20. The summed E-state index contributed by atoms with van der Waals surface area (Å²) in [6, 6.07) is 0.437. The van der Waals surface area contributed by atoms with Gasteiger partial charge in [-0.25, -0.2) is 0 Å². The molecule has 0 aliphatic heterocycles. The average Bonchev–Trinajstić information content (AvgIpc) is 2.08. The fraction of sp³-hybridized carbons (Fsp3) is 0.929. The van der Waals surface area contributed by atoms with E-state index >= 15 is 0 Å². The highest BCUT2D eigenvalue weighted by molar-refractivity contribution is 5.79. The highest BCUT2D eigenvalue weighted by atomic mass is 16.4. The summed E-state index contributed by atoms with van der Waals surface area (Å²) in [5.41, 5.74) is -0.543. The molecule has 0 radical (unpaired) electrons. The van der Waals surface area contributed by atoms with Crippen LogP contribution in [-0.4, -0.2) is 22.7 Å². The van der Waals surface area contributed by atoms with E-state index < -0.39 is 11.5 Å². The van der Waals surface area contributed by atoms with Crippen LogP contribution in [0.25, 0.3) is 0 Å². The number of carboxylic acid groups (broad SMARTS) is 1. The van der Waals surface area contributed by atoms with Crippen LogP contribution in [0.2, 0.25) is 0 Å². The third kappa shape index (κ3) is 2.65. The Morgan fingerprint density at radius 1 is 1.29 bits per heavy atom. The molecule has 2 aliphatic carbocycles. The first kappa shape index (κ1) is 12.9. The molecule has 0 saturated heterocycles. The lowest BCUT2D eigenvalue weighted by Gasteiger charge is -2.48. The SMILES string of the molecule is CC1CC(C)(C)CC(NC2CCC2)(C(=O)O)C1. The van der Waals surface area contributed by atoms with Crippen LogP contribution in [0.3, 0.4) is 0 Å². The minimum atomic E-state index is -0.674. The van der Waals surface area contributed by atoms with E-state index in [-0.39, 0.29) is 5.41 Å². The Kier molecular flexibility index (Phi) is 3.23. The molecule has 3 heteroatoms. The van der Waals surface area contributed by atoms with Gasteiger partial charge in [-0.15, -0.1) is 0 Å². The molecule has 0 aromatic heterocycles. The van der Waals surface area contributed by atoms with Crippen molar-refractivity contribution < 1.29 is 9.90 Å². The maximum Gasteiger partial charge on any atom is 0.323 e. The smallest absolute Gasteiger partial charge is 0.323 e. The van der Waals surface area contributed by atoms with Crippen LogP contribution in [-0.2, 0) is 4.79 Å². The zero-order valence-electron chi connectivity index (χ0n) is 11.3. The lowest BCUT2D eigenvalue weighted by Crippen LogP contribution is -2.61. The monoisotopic (exact) mass is 239 g/mol. The van der Waals surface area contributed by atoms with Gasteiger partial charge in [0.1, 0.15) is 5.54 Å². The minimum absolute atomic E-state index is 0.132. The lowest BCUT2D eigenvalue weighted by molar-refractivity contribution is -0.150. The first-order valence-corrected chi connectivity index (χ1v) is 6.84. The van der Waals surface area contributed by atoms with Gasteiger partial charge in [0.15, 0.2) is 0 Å². The number of carboxylic acids is 1. The lowest BCUT2D eigenvalue weighted by atomic mass is 9.63. The minimum Gasteiger partial charge on any atom is -0.480 e. The number of hydrogen-bond donors (Lipinski definition) is 2. The Balaban J connectivity index is 2.16. The summed E-state index contributed by atoms with van der Waals surface area (Å²) in [5, 5.41) is 13.1. The second kappa shape index (κ2) is 4.27. The van der Waals surface area contributed by atoms with Crippen LogP contribution < -0.4 is 5.32 Å². The van der Waals surface area contributed by atoms with Gasteiger partial charge in [0.05, 0.1) is 0 Å². The van der Waals surface area contributed by atoms with Crippen molar-refractivity contribution in [3.05, 3.63) is 0 Å². The summed E-state index contributed by atoms with van der Waals surface area (Å²) >= 11 is 0. The Morgan fingerprint density at radius 3 is 2.35 bits per heavy atom. The van der Waals surface area contributed by atoms with Crippen LogP contribution in [0.1, 0.15) is 59.3 Å². The number of aliphatic carboxylic acids is 1. The zero-order chi connectivity index (χ0) is 12.7. The number of nitrogens with one attached hydrogen (secondary N) is 1. The van der Waals surface area contributed by atoms with E-state index in [1.54, 1.807) is 0 Å². The summed E-state index contributed by atoms with van der Waals surface area (Å²) in [5.74, 6) is -0.161. The summed E-state index contributed by atoms with van der Waals surface area (Å²) in [4.78, 5) is 11.7. The predicted octanol–water partition coefficient (Wildman–Crippen LogP) is 2.80. The molecule has 0 aromatic carbocycles. The average molecular weight is 239 g/mol. The molecule has 2 aliphatic rings. The van der Waals surface area contributed by atoms with Gasteiger partial charge in [0.2, 0.25) is 0 Å². The highest BCUT2D eigenvalue weighted by Crippen LogP contribution is 2.44. The molecule has 2 rings (SSSR count). The molecular weight excluding hydrogens is 214 g/mol. The Bertz CT molecular complexity index is 309. The van der Waals surface area contributed by atoms with Crippen LogP contribution in [0, 0.1) is 11.3 Å². The molecule has 2 atom stereocenters. The molecular formula is C14H25NO2. The Hall–Kier alpha value is -0.570. The molecule has 0 amide bonds. The molecule has 2 saturated carbocycles. The number of carbonyl (C=O) groups is 1. The number of rotatable bonds is 3. The second-order valence-corrected chi connectivity index (χ2v) is 7.01. The Morgan fingerprint density at radius 2 is 1.94 bits per heavy atom. The predicted molar refractivity (Wildman–Crippen MR) is 67.9 cm³/mol. The van der Waals surface area contributed by atoms with Crippen LogP contribution in [0.15, 0.2) is 0 Å². The summed E-state index contributed by atoms with van der Waals surface area (Å²) in [7, 11) is 0. The first-order chi connectivity index (χ1) is 7.83. The topological polar surface area (TPSA) is 49.3 Å². The fourth-order valence-corrected chi connectivity index (χ4v) is 3.85. The van der Waals surface area contributed by atoms with Crippen LogP contribution in [0.5, 0.6) is 0 Å². The zero-order valence-corrected chi connectivity index (χ0v) is 11.3. The van der Waals surface area contributed by atoms with E-state index in [0.29, 0.717) is 12.0 Å². The van der Waals surface area contributed by atoms with Crippen molar-refractivity contribution in [1.29, 1.82) is 0 Å².